The zero-order valence-electron chi connectivity index (χ0n) is 12.4. The van der Waals surface area contributed by atoms with Crippen LogP contribution >= 0.6 is 22.7 Å². The van der Waals surface area contributed by atoms with E-state index in [1.54, 1.807) is 7.05 Å². The molecule has 0 saturated carbocycles. The third kappa shape index (κ3) is 3.63. The van der Waals surface area contributed by atoms with Crippen LogP contribution < -0.4 is 10.0 Å². The van der Waals surface area contributed by atoms with E-state index in [1.807, 2.05) is 31.5 Å². The van der Waals surface area contributed by atoms with Gasteiger partial charge in [-0.05, 0) is 30.8 Å². The second-order valence-electron chi connectivity index (χ2n) is 5.04. The zero-order chi connectivity index (χ0) is 15.6. The van der Waals surface area contributed by atoms with E-state index >= 15 is 0 Å². The fraction of sp³-hybridized carbons (Fsp3) is 0.462. The molecule has 2 aromatic rings. The summed E-state index contributed by atoms with van der Waals surface area (Å²) in [5.74, 6) is 0.280. The van der Waals surface area contributed by atoms with Gasteiger partial charge in [0.15, 0.2) is 5.13 Å². The Morgan fingerprint density at radius 3 is 2.57 bits per heavy atom. The number of thiophene rings is 1. The zero-order valence-corrected chi connectivity index (χ0v) is 14.9. The summed E-state index contributed by atoms with van der Waals surface area (Å²) < 4.78 is 27.8. The molecule has 0 aliphatic carbocycles. The third-order valence-corrected chi connectivity index (χ3v) is 6.64. The molecule has 0 aliphatic rings. The highest BCUT2D eigenvalue weighted by molar-refractivity contribution is 7.93. The molecular formula is C13H19N3O2S3. The number of rotatable bonds is 6. The Kier molecular flexibility index (Phi) is 5.03. The monoisotopic (exact) mass is 345 g/mol. The van der Waals surface area contributed by atoms with Crippen LogP contribution in [0.1, 0.15) is 35.9 Å². The number of aryl methyl sites for hydroxylation is 1. The van der Waals surface area contributed by atoms with Crippen molar-refractivity contribution in [1.82, 2.24) is 10.3 Å². The molecule has 21 heavy (non-hydrogen) atoms. The van der Waals surface area contributed by atoms with Crippen molar-refractivity contribution in [2.75, 3.05) is 11.8 Å². The summed E-state index contributed by atoms with van der Waals surface area (Å²) >= 11 is 2.76. The summed E-state index contributed by atoms with van der Waals surface area (Å²) in [6.07, 6.45) is 0. The van der Waals surface area contributed by atoms with Crippen LogP contribution in [0.4, 0.5) is 5.13 Å². The first kappa shape index (κ1) is 16.4. The summed E-state index contributed by atoms with van der Waals surface area (Å²) in [5.41, 5.74) is 1.66. The van der Waals surface area contributed by atoms with Gasteiger partial charge in [0.25, 0.3) is 10.0 Å². The van der Waals surface area contributed by atoms with Gasteiger partial charge >= 0.3 is 0 Å². The number of nitrogens with one attached hydrogen (secondary N) is 2. The highest BCUT2D eigenvalue weighted by Gasteiger charge is 2.24. The molecule has 5 nitrogen and oxygen atoms in total. The molecule has 116 valence electrons. The van der Waals surface area contributed by atoms with Crippen molar-refractivity contribution in [1.29, 1.82) is 0 Å². The van der Waals surface area contributed by atoms with Crippen molar-refractivity contribution in [2.24, 2.45) is 0 Å². The van der Waals surface area contributed by atoms with E-state index in [4.69, 9.17) is 0 Å². The summed E-state index contributed by atoms with van der Waals surface area (Å²) in [6.45, 7) is 6.40. The molecule has 0 aliphatic heterocycles. The lowest BCUT2D eigenvalue weighted by molar-refractivity contribution is 0.599. The van der Waals surface area contributed by atoms with Crippen molar-refractivity contribution in [2.45, 2.75) is 38.1 Å². The number of anilines is 1. The average Bonchev–Trinajstić information content (AvgIpc) is 2.97. The second-order valence-corrected chi connectivity index (χ2v) is 8.48. The van der Waals surface area contributed by atoms with Crippen LogP contribution in [-0.4, -0.2) is 20.4 Å². The Bertz CT molecular complexity index is 717. The molecule has 0 amide bonds. The highest BCUT2D eigenvalue weighted by Crippen LogP contribution is 2.30. The summed E-state index contributed by atoms with van der Waals surface area (Å²) in [7, 11) is -1.80. The molecule has 2 aromatic heterocycles. The van der Waals surface area contributed by atoms with Gasteiger partial charge in [-0.3, -0.25) is 4.72 Å². The molecule has 0 unspecified atom stereocenters. The van der Waals surface area contributed by atoms with Crippen LogP contribution in [0.15, 0.2) is 15.7 Å². The SMILES string of the molecule is CNCc1scc(C)c1S(=O)(=O)Nc1nc(C(C)C)cs1. The lowest BCUT2D eigenvalue weighted by Crippen LogP contribution is -2.16. The predicted molar refractivity (Wildman–Crippen MR) is 88.8 cm³/mol. The van der Waals surface area contributed by atoms with Gasteiger partial charge < -0.3 is 5.32 Å². The quantitative estimate of drug-likeness (QED) is 0.844. The normalized spacial score (nSPS) is 12.0. The predicted octanol–water partition coefficient (Wildman–Crippen LogP) is 3.16. The molecular weight excluding hydrogens is 326 g/mol. The Hall–Kier alpha value is -0.960. The number of hydrogen-bond donors (Lipinski definition) is 2. The average molecular weight is 346 g/mol. The van der Waals surface area contributed by atoms with Gasteiger partial charge in [0.05, 0.1) is 5.69 Å². The van der Waals surface area contributed by atoms with E-state index < -0.39 is 10.0 Å². The van der Waals surface area contributed by atoms with E-state index in [-0.39, 0.29) is 5.92 Å². The molecule has 0 bridgehead atoms. The number of hydrogen-bond acceptors (Lipinski definition) is 6. The number of sulfonamides is 1. The Labute approximate surface area is 133 Å². The van der Waals surface area contributed by atoms with Gasteiger partial charge in [-0.2, -0.15) is 0 Å². The van der Waals surface area contributed by atoms with E-state index in [0.29, 0.717) is 16.6 Å². The summed E-state index contributed by atoms with van der Waals surface area (Å²) in [4.78, 5) is 5.50. The number of thiazole rings is 1. The summed E-state index contributed by atoms with van der Waals surface area (Å²) in [5, 5.41) is 7.16. The van der Waals surface area contributed by atoms with Gasteiger partial charge in [0.1, 0.15) is 4.90 Å². The largest absolute Gasteiger partial charge is 0.315 e. The fourth-order valence-corrected chi connectivity index (χ4v) is 5.84. The van der Waals surface area contributed by atoms with Crippen LogP contribution in [0.2, 0.25) is 0 Å². The molecule has 2 heterocycles. The maximum Gasteiger partial charge on any atom is 0.265 e. The van der Waals surface area contributed by atoms with Gasteiger partial charge in [-0.1, -0.05) is 13.8 Å². The first-order valence-electron chi connectivity index (χ1n) is 6.55. The van der Waals surface area contributed by atoms with Gasteiger partial charge in [0, 0.05) is 16.8 Å². The van der Waals surface area contributed by atoms with E-state index in [0.717, 1.165) is 16.1 Å². The highest BCUT2D eigenvalue weighted by atomic mass is 32.2. The van der Waals surface area contributed by atoms with Crippen LogP contribution in [0.5, 0.6) is 0 Å². The smallest absolute Gasteiger partial charge is 0.265 e. The molecule has 0 fully saturated rings. The molecule has 2 N–H and O–H groups in total. The molecule has 0 radical (unpaired) electrons. The van der Waals surface area contributed by atoms with Crippen LogP contribution in [-0.2, 0) is 16.6 Å². The molecule has 0 aromatic carbocycles. The standard InChI is InChI=1S/C13H19N3O2S3/c1-8(2)10-7-20-13(15-10)16-21(17,18)12-9(3)6-19-11(12)5-14-4/h6-8,14H,5H2,1-4H3,(H,15,16). The first-order valence-corrected chi connectivity index (χ1v) is 9.79. The third-order valence-electron chi connectivity index (χ3n) is 2.93. The van der Waals surface area contributed by atoms with Gasteiger partial charge in [-0.15, -0.1) is 22.7 Å². The lowest BCUT2D eigenvalue weighted by Gasteiger charge is -2.08. The maximum absolute atomic E-state index is 12.6. The van der Waals surface area contributed by atoms with Crippen LogP contribution in [0.3, 0.4) is 0 Å². The number of nitrogens with zero attached hydrogens (tertiary/aromatic N) is 1. The maximum atomic E-state index is 12.6. The van der Waals surface area contributed by atoms with E-state index in [2.05, 4.69) is 15.0 Å². The molecule has 0 saturated heterocycles. The van der Waals surface area contributed by atoms with Crippen molar-refractivity contribution >= 4 is 37.8 Å². The Balaban J connectivity index is 2.31. The molecule has 2 rings (SSSR count). The lowest BCUT2D eigenvalue weighted by atomic mass is 10.2. The minimum atomic E-state index is -3.60. The first-order chi connectivity index (χ1) is 9.85. The minimum absolute atomic E-state index is 0.280. The Morgan fingerprint density at radius 1 is 1.29 bits per heavy atom. The molecule has 0 spiro atoms. The van der Waals surface area contributed by atoms with Crippen molar-refractivity contribution < 1.29 is 8.42 Å². The fourth-order valence-electron chi connectivity index (χ4n) is 1.89. The van der Waals surface area contributed by atoms with E-state index in [1.165, 1.54) is 22.7 Å². The van der Waals surface area contributed by atoms with Crippen molar-refractivity contribution in [3.05, 3.63) is 26.9 Å². The second kappa shape index (κ2) is 6.43. The van der Waals surface area contributed by atoms with Crippen molar-refractivity contribution in [3.63, 3.8) is 0 Å². The van der Waals surface area contributed by atoms with Crippen LogP contribution in [0, 0.1) is 6.92 Å². The Morgan fingerprint density at radius 2 is 2.00 bits per heavy atom. The molecule has 0 atom stereocenters. The molecule has 8 heteroatoms. The topological polar surface area (TPSA) is 71.1 Å². The van der Waals surface area contributed by atoms with E-state index in [9.17, 15) is 8.42 Å². The number of aromatic nitrogens is 1. The van der Waals surface area contributed by atoms with Gasteiger partial charge in [-0.25, -0.2) is 13.4 Å². The van der Waals surface area contributed by atoms with Crippen LogP contribution in [0.25, 0.3) is 0 Å². The summed E-state index contributed by atoms with van der Waals surface area (Å²) in [6, 6.07) is 0. The van der Waals surface area contributed by atoms with Crippen molar-refractivity contribution in [3.8, 4) is 0 Å². The van der Waals surface area contributed by atoms with Gasteiger partial charge in [0.2, 0.25) is 0 Å². The minimum Gasteiger partial charge on any atom is -0.315 e.